The number of hydrogen-bond acceptors (Lipinski definition) is 1. The summed E-state index contributed by atoms with van der Waals surface area (Å²) < 4.78 is 0. The van der Waals surface area contributed by atoms with Crippen LogP contribution in [0.3, 0.4) is 0 Å². The van der Waals surface area contributed by atoms with Crippen molar-refractivity contribution in [3.8, 4) is 0 Å². The minimum absolute atomic E-state index is 0.433. The molecule has 0 aliphatic carbocycles. The molecule has 0 heterocycles. The second-order valence-electron chi connectivity index (χ2n) is 5.86. The average Bonchev–Trinajstić information content (AvgIpc) is 2.49. The molecule has 0 amide bonds. The fourth-order valence-electron chi connectivity index (χ4n) is 2.91. The Kier molecular flexibility index (Phi) is 6.01. The van der Waals surface area contributed by atoms with Crippen LogP contribution in [0, 0.1) is 6.92 Å². The van der Waals surface area contributed by atoms with Crippen LogP contribution >= 0.6 is 0 Å². The maximum absolute atomic E-state index is 3.47. The Balaban J connectivity index is 2.04. The molecule has 0 fully saturated rings. The molecular weight excluding hydrogens is 254 g/mol. The molecule has 0 radical (unpaired) electrons. The largest absolute Gasteiger partial charge is 0.313 e. The van der Waals surface area contributed by atoms with Crippen LogP contribution in [0.15, 0.2) is 48.5 Å². The standard InChI is InChI=1S/C20H27N/c1-4-7-17-10-6-11-19(15-17)20(21-3)13-12-18-9-5-8-16(2)14-18/h5-6,8-11,14-15,20-21H,4,7,12-13H2,1-3H3. The van der Waals surface area contributed by atoms with Crippen molar-refractivity contribution in [2.45, 2.75) is 45.6 Å². The van der Waals surface area contributed by atoms with E-state index in [1.165, 1.54) is 35.1 Å². The second-order valence-corrected chi connectivity index (χ2v) is 5.86. The summed E-state index contributed by atoms with van der Waals surface area (Å²) in [6, 6.07) is 18.3. The molecule has 1 atom stereocenters. The number of benzene rings is 2. The van der Waals surface area contributed by atoms with E-state index in [4.69, 9.17) is 0 Å². The number of hydrogen-bond donors (Lipinski definition) is 1. The van der Waals surface area contributed by atoms with Crippen molar-refractivity contribution in [1.82, 2.24) is 5.32 Å². The molecule has 2 rings (SSSR count). The second kappa shape index (κ2) is 7.99. The molecular formula is C20H27N. The lowest BCUT2D eigenvalue weighted by atomic mass is 9.96. The van der Waals surface area contributed by atoms with Gasteiger partial charge in [-0.15, -0.1) is 0 Å². The quantitative estimate of drug-likeness (QED) is 0.765. The summed E-state index contributed by atoms with van der Waals surface area (Å²) in [6.45, 7) is 4.40. The lowest BCUT2D eigenvalue weighted by Crippen LogP contribution is -2.17. The van der Waals surface area contributed by atoms with Gasteiger partial charge in [0.15, 0.2) is 0 Å². The molecule has 0 spiro atoms. The summed E-state index contributed by atoms with van der Waals surface area (Å²) >= 11 is 0. The first-order valence-corrected chi connectivity index (χ1v) is 8.04. The normalized spacial score (nSPS) is 12.3. The molecule has 21 heavy (non-hydrogen) atoms. The third kappa shape index (κ3) is 4.71. The molecule has 0 saturated heterocycles. The summed E-state index contributed by atoms with van der Waals surface area (Å²) in [5.41, 5.74) is 5.64. The molecule has 0 aliphatic rings. The SMILES string of the molecule is CCCc1cccc(C(CCc2cccc(C)c2)NC)c1. The van der Waals surface area contributed by atoms with Gasteiger partial charge in [0.25, 0.3) is 0 Å². The summed E-state index contributed by atoms with van der Waals surface area (Å²) in [4.78, 5) is 0. The van der Waals surface area contributed by atoms with E-state index in [0.717, 1.165) is 12.8 Å². The van der Waals surface area contributed by atoms with Gasteiger partial charge >= 0.3 is 0 Å². The molecule has 1 unspecified atom stereocenters. The summed E-state index contributed by atoms with van der Waals surface area (Å²) in [7, 11) is 2.06. The maximum Gasteiger partial charge on any atom is 0.0320 e. The Labute approximate surface area is 129 Å². The first-order chi connectivity index (χ1) is 10.2. The van der Waals surface area contributed by atoms with Crippen molar-refractivity contribution in [3.05, 3.63) is 70.8 Å². The van der Waals surface area contributed by atoms with Gasteiger partial charge in [-0.3, -0.25) is 0 Å². The van der Waals surface area contributed by atoms with E-state index in [1.54, 1.807) is 0 Å². The topological polar surface area (TPSA) is 12.0 Å². The molecule has 1 heteroatoms. The van der Waals surface area contributed by atoms with E-state index in [9.17, 15) is 0 Å². The summed E-state index contributed by atoms with van der Waals surface area (Å²) in [6.07, 6.45) is 4.62. The Morgan fingerprint density at radius 1 is 0.952 bits per heavy atom. The van der Waals surface area contributed by atoms with Crippen LogP contribution in [-0.2, 0) is 12.8 Å². The first kappa shape index (κ1) is 15.8. The predicted octanol–water partition coefficient (Wildman–Crippen LogP) is 4.84. The molecule has 112 valence electrons. The van der Waals surface area contributed by atoms with Crippen LogP contribution in [0.5, 0.6) is 0 Å². The third-order valence-corrected chi connectivity index (χ3v) is 4.04. The molecule has 1 nitrogen and oxygen atoms in total. The van der Waals surface area contributed by atoms with Gasteiger partial charge in [-0.1, -0.05) is 67.4 Å². The Morgan fingerprint density at radius 2 is 1.67 bits per heavy atom. The van der Waals surface area contributed by atoms with Gasteiger partial charge in [-0.2, -0.15) is 0 Å². The van der Waals surface area contributed by atoms with Gasteiger partial charge < -0.3 is 5.32 Å². The third-order valence-electron chi connectivity index (χ3n) is 4.04. The molecule has 1 N–H and O–H groups in total. The van der Waals surface area contributed by atoms with E-state index >= 15 is 0 Å². The molecule has 2 aromatic carbocycles. The minimum Gasteiger partial charge on any atom is -0.313 e. The lowest BCUT2D eigenvalue weighted by molar-refractivity contribution is 0.548. The highest BCUT2D eigenvalue weighted by molar-refractivity contribution is 5.27. The van der Waals surface area contributed by atoms with Crippen molar-refractivity contribution >= 4 is 0 Å². The predicted molar refractivity (Wildman–Crippen MR) is 91.7 cm³/mol. The van der Waals surface area contributed by atoms with Crippen molar-refractivity contribution in [3.63, 3.8) is 0 Å². The smallest absolute Gasteiger partial charge is 0.0320 e. The molecule has 2 aromatic rings. The van der Waals surface area contributed by atoms with Crippen molar-refractivity contribution in [2.24, 2.45) is 0 Å². The Morgan fingerprint density at radius 3 is 2.33 bits per heavy atom. The van der Waals surface area contributed by atoms with E-state index < -0.39 is 0 Å². The fraction of sp³-hybridized carbons (Fsp3) is 0.400. The van der Waals surface area contributed by atoms with Gasteiger partial charge in [0.05, 0.1) is 0 Å². The van der Waals surface area contributed by atoms with Crippen molar-refractivity contribution < 1.29 is 0 Å². The van der Waals surface area contributed by atoms with Crippen molar-refractivity contribution in [2.75, 3.05) is 7.05 Å². The van der Waals surface area contributed by atoms with Gasteiger partial charge in [0.1, 0.15) is 0 Å². The maximum atomic E-state index is 3.47. The highest BCUT2D eigenvalue weighted by Gasteiger charge is 2.10. The average molecular weight is 281 g/mol. The summed E-state index contributed by atoms with van der Waals surface area (Å²) in [5, 5.41) is 3.47. The number of rotatable bonds is 7. The summed E-state index contributed by atoms with van der Waals surface area (Å²) in [5.74, 6) is 0. The highest BCUT2D eigenvalue weighted by atomic mass is 14.9. The molecule has 0 bridgehead atoms. The van der Waals surface area contributed by atoms with Crippen molar-refractivity contribution in [1.29, 1.82) is 0 Å². The van der Waals surface area contributed by atoms with Crippen LogP contribution in [0.4, 0.5) is 0 Å². The van der Waals surface area contributed by atoms with E-state index in [2.05, 4.69) is 74.7 Å². The minimum atomic E-state index is 0.433. The van der Waals surface area contributed by atoms with Gasteiger partial charge in [0, 0.05) is 6.04 Å². The van der Waals surface area contributed by atoms with Crippen LogP contribution in [0.2, 0.25) is 0 Å². The Hall–Kier alpha value is -1.60. The van der Waals surface area contributed by atoms with Crippen LogP contribution < -0.4 is 5.32 Å². The first-order valence-electron chi connectivity index (χ1n) is 8.04. The zero-order chi connectivity index (χ0) is 15.1. The lowest BCUT2D eigenvalue weighted by Gasteiger charge is -2.18. The zero-order valence-corrected chi connectivity index (χ0v) is 13.5. The van der Waals surface area contributed by atoms with Gasteiger partial charge in [0.2, 0.25) is 0 Å². The van der Waals surface area contributed by atoms with Crippen LogP contribution in [0.1, 0.15) is 48.1 Å². The monoisotopic (exact) mass is 281 g/mol. The zero-order valence-electron chi connectivity index (χ0n) is 13.5. The highest BCUT2D eigenvalue weighted by Crippen LogP contribution is 2.21. The van der Waals surface area contributed by atoms with Gasteiger partial charge in [-0.05, 0) is 49.9 Å². The van der Waals surface area contributed by atoms with Crippen LogP contribution in [-0.4, -0.2) is 7.05 Å². The molecule has 0 aromatic heterocycles. The fourth-order valence-corrected chi connectivity index (χ4v) is 2.91. The molecule has 0 saturated carbocycles. The van der Waals surface area contributed by atoms with E-state index in [1.807, 2.05) is 0 Å². The number of aryl methyl sites for hydroxylation is 3. The van der Waals surface area contributed by atoms with E-state index in [-0.39, 0.29) is 0 Å². The Bertz CT molecular complexity index is 559. The molecule has 0 aliphatic heterocycles. The van der Waals surface area contributed by atoms with E-state index in [0.29, 0.717) is 6.04 Å². The number of nitrogens with one attached hydrogen (secondary N) is 1. The van der Waals surface area contributed by atoms with Gasteiger partial charge in [-0.25, -0.2) is 0 Å². The van der Waals surface area contributed by atoms with Crippen LogP contribution in [0.25, 0.3) is 0 Å².